The predicted octanol–water partition coefficient (Wildman–Crippen LogP) is 4.04. The summed E-state index contributed by atoms with van der Waals surface area (Å²) in [5, 5.41) is 9.93. The molecular weight excluding hydrogens is 388 g/mol. The molecule has 1 fully saturated rings. The molecule has 29 heavy (non-hydrogen) atoms. The van der Waals surface area contributed by atoms with Crippen molar-refractivity contribution in [1.82, 2.24) is 9.88 Å². The Morgan fingerprint density at radius 3 is 2.62 bits per heavy atom. The number of thiazole rings is 1. The Kier molecular flexibility index (Phi) is 5.89. The van der Waals surface area contributed by atoms with Crippen LogP contribution in [0.2, 0.25) is 0 Å². The maximum atomic E-state index is 13.1. The molecule has 2 amide bonds. The fourth-order valence-electron chi connectivity index (χ4n) is 3.20. The Morgan fingerprint density at radius 2 is 2.00 bits per heavy atom. The molecule has 0 unspecified atom stereocenters. The van der Waals surface area contributed by atoms with Gasteiger partial charge in [0.15, 0.2) is 5.13 Å². The summed E-state index contributed by atoms with van der Waals surface area (Å²) in [6, 6.07) is 11.0. The van der Waals surface area contributed by atoms with Gasteiger partial charge >= 0.3 is 6.09 Å². The van der Waals surface area contributed by atoms with Crippen molar-refractivity contribution in [2.24, 2.45) is 0 Å². The molecule has 0 saturated carbocycles. The highest BCUT2D eigenvalue weighted by Gasteiger charge is 2.38. The number of aromatic nitrogens is 1. The molecule has 3 rings (SSSR count). The topological polar surface area (TPSA) is 86.5 Å². The second kappa shape index (κ2) is 8.21. The molecule has 1 saturated heterocycles. The first-order chi connectivity index (χ1) is 13.7. The summed E-state index contributed by atoms with van der Waals surface area (Å²) < 4.78 is 5.45. The van der Waals surface area contributed by atoms with E-state index in [1.807, 2.05) is 30.3 Å². The highest BCUT2D eigenvalue weighted by atomic mass is 32.1. The number of hydrogen-bond acceptors (Lipinski definition) is 6. The van der Waals surface area contributed by atoms with Crippen molar-refractivity contribution >= 4 is 28.5 Å². The number of amides is 2. The average Bonchev–Trinajstić information content (AvgIpc) is 3.33. The van der Waals surface area contributed by atoms with Crippen molar-refractivity contribution in [2.75, 3.05) is 18.5 Å². The molecule has 1 aromatic carbocycles. The van der Waals surface area contributed by atoms with E-state index < -0.39 is 17.7 Å². The van der Waals surface area contributed by atoms with Crippen LogP contribution >= 0.6 is 11.3 Å². The van der Waals surface area contributed by atoms with Gasteiger partial charge in [0.25, 0.3) is 5.91 Å². The van der Waals surface area contributed by atoms with Crippen molar-refractivity contribution in [2.45, 2.75) is 45.3 Å². The van der Waals surface area contributed by atoms with Crippen LogP contribution in [0.5, 0.6) is 0 Å². The maximum Gasteiger partial charge on any atom is 0.410 e. The van der Waals surface area contributed by atoms with Gasteiger partial charge in [-0.2, -0.15) is 5.26 Å². The summed E-state index contributed by atoms with van der Waals surface area (Å²) in [5.41, 5.74) is 0.757. The summed E-state index contributed by atoms with van der Waals surface area (Å²) in [6.45, 7) is 5.88. The third-order valence-corrected chi connectivity index (χ3v) is 5.58. The van der Waals surface area contributed by atoms with Crippen LogP contribution in [-0.4, -0.2) is 47.1 Å². The molecule has 1 aliphatic heterocycles. The molecular formula is C21H24N4O3S. The molecule has 1 aliphatic rings. The molecule has 8 heteroatoms. The molecule has 152 valence electrons. The largest absolute Gasteiger partial charge is 0.444 e. The first-order valence-electron chi connectivity index (χ1n) is 9.45. The minimum Gasteiger partial charge on any atom is -0.444 e. The Morgan fingerprint density at radius 1 is 1.31 bits per heavy atom. The molecule has 0 radical (unpaired) electrons. The number of ether oxygens (including phenoxy) is 1. The lowest BCUT2D eigenvalue weighted by Gasteiger charge is -2.29. The van der Waals surface area contributed by atoms with Crippen LogP contribution in [0.15, 0.2) is 30.3 Å². The van der Waals surface area contributed by atoms with Crippen LogP contribution in [0.3, 0.4) is 0 Å². The monoisotopic (exact) mass is 412 g/mol. The van der Waals surface area contributed by atoms with E-state index in [0.29, 0.717) is 28.7 Å². The van der Waals surface area contributed by atoms with E-state index in [2.05, 4.69) is 11.1 Å². The van der Waals surface area contributed by atoms with Crippen LogP contribution in [0, 0.1) is 11.3 Å². The Labute approximate surface area is 174 Å². The number of carbonyl (C=O) groups is 2. The third-order valence-electron chi connectivity index (χ3n) is 4.55. The zero-order valence-electron chi connectivity index (χ0n) is 17.0. The van der Waals surface area contributed by atoms with Gasteiger partial charge < -0.3 is 4.74 Å². The summed E-state index contributed by atoms with van der Waals surface area (Å²) in [7, 11) is 1.63. The number of benzene rings is 1. The Bertz CT molecular complexity index is 943. The lowest BCUT2D eigenvalue weighted by Crippen LogP contribution is -2.48. The van der Waals surface area contributed by atoms with Crippen molar-refractivity contribution in [3.8, 4) is 17.3 Å². The van der Waals surface area contributed by atoms with Crippen LogP contribution in [0.1, 0.15) is 38.5 Å². The lowest BCUT2D eigenvalue weighted by molar-refractivity contribution is -0.122. The summed E-state index contributed by atoms with van der Waals surface area (Å²) in [6.07, 6.45) is 0.827. The first kappa shape index (κ1) is 20.8. The second-order valence-corrected chi connectivity index (χ2v) is 8.86. The molecule has 7 nitrogen and oxygen atoms in total. The number of carbonyl (C=O) groups excluding carboxylic acids is 2. The summed E-state index contributed by atoms with van der Waals surface area (Å²) >= 11 is 1.17. The molecule has 0 N–H and O–H groups in total. The van der Waals surface area contributed by atoms with Gasteiger partial charge in [-0.05, 0) is 33.6 Å². The number of likely N-dealkylation sites (N-methyl/N-ethyl adjacent to an activating group) is 1. The maximum absolute atomic E-state index is 13.1. The normalized spacial score (nSPS) is 16.4. The number of anilines is 1. The van der Waals surface area contributed by atoms with Gasteiger partial charge in [-0.15, -0.1) is 0 Å². The second-order valence-electron chi connectivity index (χ2n) is 7.88. The number of rotatable bonds is 3. The molecule has 0 aliphatic carbocycles. The van der Waals surface area contributed by atoms with Crippen molar-refractivity contribution < 1.29 is 14.3 Å². The zero-order chi connectivity index (χ0) is 21.2. The first-order valence-corrected chi connectivity index (χ1v) is 10.3. The number of nitriles is 1. The zero-order valence-corrected chi connectivity index (χ0v) is 17.8. The van der Waals surface area contributed by atoms with Gasteiger partial charge in [0.1, 0.15) is 28.3 Å². The predicted molar refractivity (Wildman–Crippen MR) is 112 cm³/mol. The number of nitrogens with zero attached hydrogens (tertiary/aromatic N) is 4. The molecule has 1 aromatic heterocycles. The highest BCUT2D eigenvalue weighted by molar-refractivity contribution is 7.16. The SMILES string of the molecule is CN(C(=O)[C@@H]1CCCN1C(=O)OC(C)(C)C)c1nc(-c2ccccc2)c(C#N)s1. The van der Waals surface area contributed by atoms with Gasteiger partial charge in [0.05, 0.1) is 0 Å². The minimum absolute atomic E-state index is 0.230. The van der Waals surface area contributed by atoms with Crippen molar-refractivity contribution in [3.05, 3.63) is 35.2 Å². The van der Waals surface area contributed by atoms with E-state index in [1.54, 1.807) is 27.8 Å². The van der Waals surface area contributed by atoms with E-state index in [-0.39, 0.29) is 5.91 Å². The number of likely N-dealkylation sites (tertiary alicyclic amines) is 1. The Balaban J connectivity index is 1.82. The van der Waals surface area contributed by atoms with Crippen LogP contribution in [-0.2, 0) is 9.53 Å². The van der Waals surface area contributed by atoms with Gasteiger partial charge in [0.2, 0.25) is 0 Å². The minimum atomic E-state index is -0.624. The highest BCUT2D eigenvalue weighted by Crippen LogP contribution is 2.33. The molecule has 2 heterocycles. The summed E-state index contributed by atoms with van der Waals surface area (Å²) in [4.78, 5) is 33.5. The van der Waals surface area contributed by atoms with Crippen molar-refractivity contribution in [1.29, 1.82) is 5.26 Å². The fourth-order valence-corrected chi connectivity index (χ4v) is 4.05. The smallest absolute Gasteiger partial charge is 0.410 e. The van der Waals surface area contributed by atoms with E-state index in [4.69, 9.17) is 4.74 Å². The summed E-state index contributed by atoms with van der Waals surface area (Å²) in [5.74, 6) is -0.230. The van der Waals surface area contributed by atoms with E-state index in [1.165, 1.54) is 21.1 Å². The van der Waals surface area contributed by atoms with E-state index >= 15 is 0 Å². The average molecular weight is 413 g/mol. The van der Waals surface area contributed by atoms with E-state index in [0.717, 1.165) is 12.0 Å². The van der Waals surface area contributed by atoms with Crippen LogP contribution in [0.25, 0.3) is 11.3 Å². The number of hydrogen-bond donors (Lipinski definition) is 0. The van der Waals surface area contributed by atoms with E-state index in [9.17, 15) is 14.9 Å². The van der Waals surface area contributed by atoms with Gasteiger partial charge in [0, 0.05) is 19.2 Å². The third kappa shape index (κ3) is 4.57. The quantitative estimate of drug-likeness (QED) is 0.759. The van der Waals surface area contributed by atoms with Crippen molar-refractivity contribution in [3.63, 3.8) is 0 Å². The fraction of sp³-hybridized carbons (Fsp3) is 0.429. The molecule has 0 spiro atoms. The lowest BCUT2D eigenvalue weighted by atomic mass is 10.1. The molecule has 1 atom stereocenters. The Hall–Kier alpha value is -2.92. The standard InChI is InChI=1S/C21H24N4O3S/c1-21(2,3)28-20(27)25-12-8-11-15(25)18(26)24(4)19-23-17(16(13-22)29-19)14-9-6-5-7-10-14/h5-7,9-10,15H,8,11-12H2,1-4H3/t15-/m0/s1. The van der Waals surface area contributed by atoms with Gasteiger partial charge in [-0.1, -0.05) is 41.7 Å². The molecule has 2 aromatic rings. The van der Waals surface area contributed by atoms with Crippen LogP contribution in [0.4, 0.5) is 9.93 Å². The van der Waals surface area contributed by atoms with Gasteiger partial charge in [-0.3, -0.25) is 14.6 Å². The van der Waals surface area contributed by atoms with Crippen LogP contribution < -0.4 is 4.90 Å². The van der Waals surface area contributed by atoms with Gasteiger partial charge in [-0.25, -0.2) is 9.78 Å². The molecule has 0 bridgehead atoms.